The molecule has 1 atom stereocenters. The Kier molecular flexibility index (Phi) is 8.24. The van der Waals surface area contributed by atoms with E-state index in [9.17, 15) is 4.79 Å². The highest BCUT2D eigenvalue weighted by molar-refractivity contribution is 9.10. The molecule has 0 unspecified atom stereocenters. The Morgan fingerprint density at radius 2 is 2.08 bits per heavy atom. The zero-order valence-corrected chi connectivity index (χ0v) is 17.2. The van der Waals surface area contributed by atoms with Crippen LogP contribution in [0, 0.1) is 18.8 Å². The predicted molar refractivity (Wildman–Crippen MR) is 104 cm³/mol. The normalized spacial score (nSPS) is 17.3. The van der Waals surface area contributed by atoms with Gasteiger partial charge in [0.05, 0.1) is 19.8 Å². The fourth-order valence-electron chi connectivity index (χ4n) is 3.40. The molecule has 0 aromatic heterocycles. The van der Waals surface area contributed by atoms with Crippen LogP contribution in [0.15, 0.2) is 22.7 Å². The standard InChI is InChI=1S/C20H30BrNO3/c1-4-24-20(23)14-22-11-8-17(9-12-22)15(2)10-13-25-19-7-5-6-18(21)16(19)3/h5-7,15,17H,4,8-14H2,1-3H3/t15-/m0/s1. The van der Waals surface area contributed by atoms with Gasteiger partial charge in [-0.05, 0) is 70.2 Å². The number of hydrogen-bond acceptors (Lipinski definition) is 4. The predicted octanol–water partition coefficient (Wildman–Crippen LogP) is 4.44. The van der Waals surface area contributed by atoms with Gasteiger partial charge in [-0.25, -0.2) is 0 Å². The monoisotopic (exact) mass is 411 g/mol. The van der Waals surface area contributed by atoms with Gasteiger partial charge in [-0.3, -0.25) is 9.69 Å². The molecular weight excluding hydrogens is 382 g/mol. The molecule has 0 N–H and O–H groups in total. The van der Waals surface area contributed by atoms with Gasteiger partial charge in [-0.15, -0.1) is 0 Å². The lowest BCUT2D eigenvalue weighted by atomic mass is 9.84. The van der Waals surface area contributed by atoms with Crippen LogP contribution in [0.3, 0.4) is 0 Å². The van der Waals surface area contributed by atoms with Gasteiger partial charge in [-0.2, -0.15) is 0 Å². The Balaban J connectivity index is 1.69. The Morgan fingerprint density at radius 1 is 1.36 bits per heavy atom. The number of esters is 1. The maximum atomic E-state index is 11.6. The van der Waals surface area contributed by atoms with E-state index in [1.54, 1.807) is 0 Å². The molecule has 5 heteroatoms. The van der Waals surface area contributed by atoms with Crippen LogP contribution in [0.1, 0.15) is 38.7 Å². The summed E-state index contributed by atoms with van der Waals surface area (Å²) in [5, 5.41) is 0. The minimum Gasteiger partial charge on any atom is -0.493 e. The largest absolute Gasteiger partial charge is 0.493 e. The minimum absolute atomic E-state index is 0.105. The average molecular weight is 412 g/mol. The molecule has 0 amide bonds. The highest BCUT2D eigenvalue weighted by Crippen LogP contribution is 2.29. The molecular formula is C20H30BrNO3. The number of likely N-dealkylation sites (tertiary alicyclic amines) is 1. The molecule has 1 aliphatic heterocycles. The molecule has 0 saturated carbocycles. The van der Waals surface area contributed by atoms with Crippen molar-refractivity contribution in [3.8, 4) is 5.75 Å². The van der Waals surface area contributed by atoms with E-state index in [-0.39, 0.29) is 5.97 Å². The van der Waals surface area contributed by atoms with E-state index < -0.39 is 0 Å². The van der Waals surface area contributed by atoms with Crippen LogP contribution in [0.25, 0.3) is 0 Å². The lowest BCUT2D eigenvalue weighted by Gasteiger charge is -2.34. The summed E-state index contributed by atoms with van der Waals surface area (Å²) in [5.74, 6) is 2.21. The maximum absolute atomic E-state index is 11.6. The highest BCUT2D eigenvalue weighted by Gasteiger charge is 2.25. The van der Waals surface area contributed by atoms with Gasteiger partial charge >= 0.3 is 5.97 Å². The molecule has 0 bridgehead atoms. The van der Waals surface area contributed by atoms with Crippen molar-refractivity contribution in [3.63, 3.8) is 0 Å². The summed E-state index contributed by atoms with van der Waals surface area (Å²) in [5.41, 5.74) is 1.16. The first kappa shape index (κ1) is 20.2. The van der Waals surface area contributed by atoms with Gasteiger partial charge in [0.2, 0.25) is 0 Å². The second kappa shape index (κ2) is 10.2. The van der Waals surface area contributed by atoms with Crippen molar-refractivity contribution >= 4 is 21.9 Å². The van der Waals surface area contributed by atoms with Crippen LogP contribution in [-0.4, -0.2) is 43.7 Å². The van der Waals surface area contributed by atoms with Gasteiger partial charge in [0.25, 0.3) is 0 Å². The third-order valence-corrected chi connectivity index (χ3v) is 6.00. The molecule has 4 nitrogen and oxygen atoms in total. The van der Waals surface area contributed by atoms with Crippen molar-refractivity contribution in [1.29, 1.82) is 0 Å². The second-order valence-corrected chi connectivity index (χ2v) is 7.75. The average Bonchev–Trinajstić information content (AvgIpc) is 2.59. The van der Waals surface area contributed by atoms with Gasteiger partial charge in [0, 0.05) is 10.0 Å². The number of piperidine rings is 1. The number of carbonyl (C=O) groups excluding carboxylic acids is 1. The minimum atomic E-state index is -0.105. The number of carbonyl (C=O) groups is 1. The SMILES string of the molecule is CCOC(=O)CN1CCC([C@@H](C)CCOc2cccc(Br)c2C)CC1. The quantitative estimate of drug-likeness (QED) is 0.592. The van der Waals surface area contributed by atoms with Crippen molar-refractivity contribution in [1.82, 2.24) is 4.90 Å². The molecule has 0 aliphatic carbocycles. The van der Waals surface area contributed by atoms with Crippen molar-refractivity contribution < 1.29 is 14.3 Å². The number of ether oxygens (including phenoxy) is 2. The fourth-order valence-corrected chi connectivity index (χ4v) is 3.75. The second-order valence-electron chi connectivity index (χ2n) is 6.90. The van der Waals surface area contributed by atoms with E-state index in [0.29, 0.717) is 25.0 Å². The van der Waals surface area contributed by atoms with E-state index in [1.807, 2.05) is 25.1 Å². The smallest absolute Gasteiger partial charge is 0.320 e. The summed E-state index contributed by atoms with van der Waals surface area (Å²) >= 11 is 3.54. The number of rotatable bonds is 8. The van der Waals surface area contributed by atoms with Crippen LogP contribution < -0.4 is 4.74 Å². The van der Waals surface area contributed by atoms with E-state index >= 15 is 0 Å². The third-order valence-electron chi connectivity index (χ3n) is 5.14. The summed E-state index contributed by atoms with van der Waals surface area (Å²) in [7, 11) is 0. The van der Waals surface area contributed by atoms with E-state index in [1.165, 1.54) is 0 Å². The molecule has 0 radical (unpaired) electrons. The molecule has 2 rings (SSSR count). The summed E-state index contributed by atoms with van der Waals surface area (Å²) in [6.45, 7) is 9.86. The van der Waals surface area contributed by atoms with Crippen molar-refractivity contribution in [2.24, 2.45) is 11.8 Å². The van der Waals surface area contributed by atoms with Gasteiger partial charge in [0.1, 0.15) is 5.75 Å². The molecule has 1 aromatic rings. The maximum Gasteiger partial charge on any atom is 0.320 e. The first-order chi connectivity index (χ1) is 12.0. The summed E-state index contributed by atoms with van der Waals surface area (Å²) < 4.78 is 12.1. The van der Waals surface area contributed by atoms with E-state index in [4.69, 9.17) is 9.47 Å². The van der Waals surface area contributed by atoms with Crippen LogP contribution >= 0.6 is 15.9 Å². The third kappa shape index (κ3) is 6.30. The number of halogens is 1. The molecule has 1 heterocycles. The number of hydrogen-bond donors (Lipinski definition) is 0. The van der Waals surface area contributed by atoms with Crippen molar-refractivity contribution in [3.05, 3.63) is 28.2 Å². The lowest BCUT2D eigenvalue weighted by molar-refractivity contribution is -0.144. The van der Waals surface area contributed by atoms with Crippen molar-refractivity contribution in [2.75, 3.05) is 32.8 Å². The highest BCUT2D eigenvalue weighted by atomic mass is 79.9. The van der Waals surface area contributed by atoms with Crippen molar-refractivity contribution in [2.45, 2.75) is 40.0 Å². The first-order valence-electron chi connectivity index (χ1n) is 9.27. The topological polar surface area (TPSA) is 38.8 Å². The molecule has 140 valence electrons. The van der Waals surface area contributed by atoms with Crippen LogP contribution in [0.4, 0.5) is 0 Å². The molecule has 1 aromatic carbocycles. The summed E-state index contributed by atoms with van der Waals surface area (Å²) in [6.07, 6.45) is 3.36. The summed E-state index contributed by atoms with van der Waals surface area (Å²) in [4.78, 5) is 13.8. The first-order valence-corrected chi connectivity index (χ1v) is 10.1. The molecule has 1 fully saturated rings. The van der Waals surface area contributed by atoms with Gasteiger partial charge in [0.15, 0.2) is 0 Å². The van der Waals surface area contributed by atoms with Crippen LogP contribution in [0.2, 0.25) is 0 Å². The van der Waals surface area contributed by atoms with E-state index in [2.05, 4.69) is 34.7 Å². The number of benzene rings is 1. The van der Waals surface area contributed by atoms with Crippen LogP contribution in [-0.2, 0) is 9.53 Å². The zero-order valence-electron chi connectivity index (χ0n) is 15.6. The Labute approximate surface area is 160 Å². The van der Waals surface area contributed by atoms with Gasteiger partial charge < -0.3 is 9.47 Å². The molecule has 25 heavy (non-hydrogen) atoms. The summed E-state index contributed by atoms with van der Waals surface area (Å²) in [6, 6.07) is 6.07. The fraction of sp³-hybridized carbons (Fsp3) is 0.650. The zero-order chi connectivity index (χ0) is 18.2. The van der Waals surface area contributed by atoms with E-state index in [0.717, 1.165) is 54.7 Å². The Hall–Kier alpha value is -1.07. The number of nitrogens with zero attached hydrogens (tertiary/aromatic N) is 1. The lowest BCUT2D eigenvalue weighted by Crippen LogP contribution is -2.39. The molecule has 1 aliphatic rings. The molecule has 0 spiro atoms. The van der Waals surface area contributed by atoms with Gasteiger partial charge in [-0.1, -0.05) is 28.9 Å². The Morgan fingerprint density at radius 3 is 2.76 bits per heavy atom. The van der Waals surface area contributed by atoms with Crippen LogP contribution in [0.5, 0.6) is 5.75 Å². The molecule has 1 saturated heterocycles. The Bertz CT molecular complexity index is 556.